The zero-order valence-electron chi connectivity index (χ0n) is 17.4. The largest absolute Gasteiger partial charge is 0.341 e. The molecule has 3 heterocycles. The minimum atomic E-state index is -0.303. The number of carbonyl (C=O) groups excluding carboxylic acids is 1. The van der Waals surface area contributed by atoms with Gasteiger partial charge < -0.3 is 9.80 Å². The summed E-state index contributed by atoms with van der Waals surface area (Å²) in [5, 5.41) is 9.99. The Bertz CT molecular complexity index is 1110. The number of halogens is 1. The van der Waals surface area contributed by atoms with Gasteiger partial charge >= 0.3 is 0 Å². The number of thioether (sulfide) groups is 1. The van der Waals surface area contributed by atoms with Crippen LogP contribution in [-0.4, -0.2) is 45.6 Å². The number of nitrogens with zero attached hydrogens (tertiary/aromatic N) is 5. The van der Waals surface area contributed by atoms with Crippen LogP contribution in [0.1, 0.15) is 25.3 Å². The molecule has 0 aliphatic carbocycles. The van der Waals surface area contributed by atoms with Gasteiger partial charge in [-0.3, -0.25) is 9.36 Å². The third-order valence-corrected chi connectivity index (χ3v) is 7.23. The molecule has 2 aromatic carbocycles. The summed E-state index contributed by atoms with van der Waals surface area (Å²) in [6.45, 7) is 4.56. The van der Waals surface area contributed by atoms with Gasteiger partial charge in [-0.2, -0.15) is 0 Å². The summed E-state index contributed by atoms with van der Waals surface area (Å²) in [6, 6.07) is 15.8. The first-order valence-electron chi connectivity index (χ1n) is 10.6. The Labute approximate surface area is 191 Å². The maximum Gasteiger partial charge on any atom is 0.240 e. The molecule has 0 bridgehead atoms. The van der Waals surface area contributed by atoms with Gasteiger partial charge in [0.25, 0.3) is 0 Å². The first kappa shape index (κ1) is 20.4. The molecule has 2 aliphatic heterocycles. The van der Waals surface area contributed by atoms with E-state index in [-0.39, 0.29) is 11.2 Å². The zero-order valence-corrected chi connectivity index (χ0v) is 18.9. The van der Waals surface area contributed by atoms with Gasteiger partial charge in [0, 0.05) is 25.3 Å². The normalized spacial score (nSPS) is 16.6. The van der Waals surface area contributed by atoms with Crippen molar-refractivity contribution in [2.24, 2.45) is 0 Å². The second-order valence-electron chi connectivity index (χ2n) is 7.89. The van der Waals surface area contributed by atoms with Crippen molar-refractivity contribution in [3.05, 3.63) is 59.1 Å². The van der Waals surface area contributed by atoms with Gasteiger partial charge in [0.15, 0.2) is 5.16 Å². The van der Waals surface area contributed by atoms with Crippen LogP contribution in [0, 0.1) is 0 Å². The highest BCUT2D eigenvalue weighted by Gasteiger charge is 2.31. The average molecular weight is 454 g/mol. The molecule has 0 N–H and O–H groups in total. The van der Waals surface area contributed by atoms with Crippen molar-refractivity contribution >= 4 is 40.9 Å². The molecular formula is C23H24ClN5OS. The molecule has 0 radical (unpaired) electrons. The van der Waals surface area contributed by atoms with E-state index >= 15 is 0 Å². The summed E-state index contributed by atoms with van der Waals surface area (Å²) in [4.78, 5) is 17.4. The standard InChI is InChI=1S/C23H24ClN5OS/c1-16(21(30)28-15-12-17-8-2-4-10-19(17)28)31-23-26-25-22(27-13-6-7-14-27)29(23)20-11-5-3-9-18(20)24/h2-5,8-11,16H,6-7,12-15H2,1H3. The van der Waals surface area contributed by atoms with E-state index in [0.717, 1.165) is 56.2 Å². The first-order chi connectivity index (χ1) is 15.1. The Morgan fingerprint density at radius 1 is 1.00 bits per heavy atom. The number of fused-ring (bicyclic) bond motifs is 1. The lowest BCUT2D eigenvalue weighted by Crippen LogP contribution is -2.35. The van der Waals surface area contributed by atoms with Gasteiger partial charge in [-0.25, -0.2) is 0 Å². The Morgan fingerprint density at radius 2 is 1.71 bits per heavy atom. The fourth-order valence-electron chi connectivity index (χ4n) is 4.30. The summed E-state index contributed by atoms with van der Waals surface area (Å²) in [6.07, 6.45) is 3.18. The van der Waals surface area contributed by atoms with E-state index in [1.165, 1.54) is 17.3 Å². The maximum absolute atomic E-state index is 13.3. The van der Waals surface area contributed by atoms with E-state index in [0.29, 0.717) is 10.2 Å². The van der Waals surface area contributed by atoms with Crippen molar-refractivity contribution in [1.29, 1.82) is 0 Å². The highest BCUT2D eigenvalue weighted by molar-refractivity contribution is 8.00. The van der Waals surface area contributed by atoms with Crippen LogP contribution in [0.15, 0.2) is 53.7 Å². The minimum absolute atomic E-state index is 0.0892. The first-order valence-corrected chi connectivity index (χ1v) is 11.9. The van der Waals surface area contributed by atoms with Crippen molar-refractivity contribution in [2.45, 2.75) is 36.6 Å². The molecule has 1 saturated heterocycles. The van der Waals surface area contributed by atoms with E-state index in [1.807, 2.05) is 58.9 Å². The fourth-order valence-corrected chi connectivity index (χ4v) is 5.44. The molecule has 0 saturated carbocycles. The summed E-state index contributed by atoms with van der Waals surface area (Å²) < 4.78 is 2.00. The summed E-state index contributed by atoms with van der Waals surface area (Å²) in [7, 11) is 0. The van der Waals surface area contributed by atoms with E-state index in [9.17, 15) is 4.79 Å². The molecule has 1 unspecified atom stereocenters. The lowest BCUT2D eigenvalue weighted by molar-refractivity contribution is -0.117. The van der Waals surface area contributed by atoms with Crippen LogP contribution in [0.4, 0.5) is 11.6 Å². The van der Waals surface area contributed by atoms with E-state index in [1.54, 1.807) is 0 Å². The lowest BCUT2D eigenvalue weighted by Gasteiger charge is -2.22. The molecule has 1 atom stereocenters. The number of anilines is 2. The van der Waals surface area contributed by atoms with Crippen LogP contribution in [0.5, 0.6) is 0 Å². The SMILES string of the molecule is CC(Sc1nnc(N2CCCC2)n1-c1ccccc1Cl)C(=O)N1CCc2ccccc21. The molecular weight excluding hydrogens is 430 g/mol. The number of carbonyl (C=O) groups is 1. The topological polar surface area (TPSA) is 54.3 Å². The average Bonchev–Trinajstić information content (AvgIpc) is 3.53. The van der Waals surface area contributed by atoms with E-state index in [2.05, 4.69) is 21.2 Å². The number of rotatable bonds is 5. The van der Waals surface area contributed by atoms with Crippen molar-refractivity contribution in [3.8, 4) is 5.69 Å². The zero-order chi connectivity index (χ0) is 21.4. The molecule has 6 nitrogen and oxygen atoms in total. The van der Waals surface area contributed by atoms with Crippen LogP contribution < -0.4 is 9.80 Å². The molecule has 31 heavy (non-hydrogen) atoms. The molecule has 5 rings (SSSR count). The predicted molar refractivity (Wildman–Crippen MR) is 126 cm³/mol. The van der Waals surface area contributed by atoms with E-state index in [4.69, 9.17) is 11.6 Å². The van der Waals surface area contributed by atoms with Crippen LogP contribution in [0.2, 0.25) is 5.02 Å². The molecule has 3 aromatic rings. The number of hydrogen-bond acceptors (Lipinski definition) is 5. The number of aromatic nitrogens is 3. The van der Waals surface area contributed by atoms with Crippen LogP contribution in [0.25, 0.3) is 5.69 Å². The molecule has 160 valence electrons. The third-order valence-electron chi connectivity index (χ3n) is 5.88. The monoisotopic (exact) mass is 453 g/mol. The second-order valence-corrected chi connectivity index (χ2v) is 9.61. The number of benzene rings is 2. The van der Waals surface area contributed by atoms with Crippen molar-refractivity contribution in [3.63, 3.8) is 0 Å². The van der Waals surface area contributed by atoms with Gasteiger partial charge in [-0.05, 0) is 49.9 Å². The molecule has 1 aromatic heterocycles. The van der Waals surface area contributed by atoms with Gasteiger partial charge in [0.1, 0.15) is 0 Å². The molecule has 0 spiro atoms. The fraction of sp³-hybridized carbons (Fsp3) is 0.348. The van der Waals surface area contributed by atoms with Crippen molar-refractivity contribution in [2.75, 3.05) is 29.4 Å². The molecule has 1 fully saturated rings. The van der Waals surface area contributed by atoms with Crippen molar-refractivity contribution < 1.29 is 4.79 Å². The molecule has 1 amide bonds. The Morgan fingerprint density at radius 3 is 2.48 bits per heavy atom. The van der Waals surface area contributed by atoms with E-state index < -0.39 is 0 Å². The van der Waals surface area contributed by atoms with Crippen molar-refractivity contribution in [1.82, 2.24) is 14.8 Å². The molecule has 8 heteroatoms. The number of hydrogen-bond donors (Lipinski definition) is 0. The van der Waals surface area contributed by atoms with Gasteiger partial charge in [0.2, 0.25) is 11.9 Å². The van der Waals surface area contributed by atoms with Gasteiger partial charge in [-0.1, -0.05) is 53.7 Å². The number of amides is 1. The quantitative estimate of drug-likeness (QED) is 0.529. The van der Waals surface area contributed by atoms with Crippen LogP contribution in [-0.2, 0) is 11.2 Å². The highest BCUT2D eigenvalue weighted by Crippen LogP contribution is 2.35. The van der Waals surface area contributed by atoms with Crippen LogP contribution in [0.3, 0.4) is 0 Å². The highest BCUT2D eigenvalue weighted by atomic mass is 35.5. The Balaban J connectivity index is 1.45. The van der Waals surface area contributed by atoms with Gasteiger partial charge in [0.05, 0.1) is 16.0 Å². The van der Waals surface area contributed by atoms with Gasteiger partial charge in [-0.15, -0.1) is 10.2 Å². The smallest absolute Gasteiger partial charge is 0.240 e. The maximum atomic E-state index is 13.3. The summed E-state index contributed by atoms with van der Waals surface area (Å²) in [5.41, 5.74) is 3.08. The van der Waals surface area contributed by atoms with Crippen LogP contribution >= 0.6 is 23.4 Å². The number of para-hydroxylation sites is 2. The lowest BCUT2D eigenvalue weighted by atomic mass is 10.2. The third kappa shape index (κ3) is 3.81. The second kappa shape index (κ2) is 8.55. The minimum Gasteiger partial charge on any atom is -0.341 e. The molecule has 2 aliphatic rings. The summed E-state index contributed by atoms with van der Waals surface area (Å²) >= 11 is 7.98. The Kier molecular flexibility index (Phi) is 5.63. The summed E-state index contributed by atoms with van der Waals surface area (Å²) in [5.74, 6) is 0.880. The predicted octanol–water partition coefficient (Wildman–Crippen LogP) is 4.59. The Hall–Kier alpha value is -2.51.